The first-order valence-electron chi connectivity index (χ1n) is 7.84. The smallest absolute Gasteiger partial charge is 0.290 e. The van der Waals surface area contributed by atoms with Crippen LogP contribution in [0.2, 0.25) is 0 Å². The van der Waals surface area contributed by atoms with E-state index in [1.54, 1.807) is 4.90 Å². The van der Waals surface area contributed by atoms with E-state index in [-0.39, 0.29) is 22.8 Å². The molecule has 2 heterocycles. The highest BCUT2D eigenvalue weighted by Gasteiger charge is 2.33. The van der Waals surface area contributed by atoms with Gasteiger partial charge >= 0.3 is 0 Å². The van der Waals surface area contributed by atoms with Crippen molar-refractivity contribution >= 4 is 15.9 Å². The molecule has 7 heteroatoms. The number of aryl methyl sites for hydroxylation is 1. The molecule has 1 amide bonds. The maximum Gasteiger partial charge on any atom is 0.290 e. The molecule has 0 spiro atoms. The third-order valence-electron chi connectivity index (χ3n) is 4.39. The van der Waals surface area contributed by atoms with E-state index in [1.165, 1.54) is 19.2 Å². The van der Waals surface area contributed by atoms with Crippen molar-refractivity contribution < 1.29 is 17.6 Å². The summed E-state index contributed by atoms with van der Waals surface area (Å²) in [7, 11) is -2.39. The molecule has 2 aromatic rings. The van der Waals surface area contributed by atoms with Crippen LogP contribution >= 0.6 is 0 Å². The van der Waals surface area contributed by atoms with Crippen LogP contribution in [0.25, 0.3) is 0 Å². The van der Waals surface area contributed by atoms with Crippen molar-refractivity contribution in [1.82, 2.24) is 9.62 Å². The fraction of sp³-hybridized carbons (Fsp3) is 0.353. The van der Waals surface area contributed by atoms with E-state index in [0.29, 0.717) is 6.54 Å². The average Bonchev–Trinajstić information content (AvgIpc) is 3.24. The molecule has 1 N–H and O–H groups in total. The number of hydrogen-bond donors (Lipinski definition) is 1. The molecule has 128 valence electrons. The Bertz CT molecular complexity index is 857. The summed E-state index contributed by atoms with van der Waals surface area (Å²) in [6.07, 6.45) is 1.80. The number of nitrogens with one attached hydrogen (secondary N) is 1. The van der Waals surface area contributed by atoms with E-state index >= 15 is 0 Å². The quantitative estimate of drug-likeness (QED) is 0.920. The molecule has 1 aromatic heterocycles. The summed E-state index contributed by atoms with van der Waals surface area (Å²) in [5, 5.41) is -0.250. The number of benzene rings is 1. The molecule has 6 nitrogen and oxygen atoms in total. The molecule has 1 aromatic carbocycles. The molecule has 1 atom stereocenters. The maximum atomic E-state index is 12.8. The van der Waals surface area contributed by atoms with Crippen LogP contribution in [-0.2, 0) is 10.0 Å². The summed E-state index contributed by atoms with van der Waals surface area (Å²) in [4.78, 5) is 14.5. The first-order valence-corrected chi connectivity index (χ1v) is 9.32. The Balaban J connectivity index is 1.88. The standard InChI is InChI=1S/C17H20N2O4S/c1-12-6-3-4-7-13(12)14-8-5-11-19(14)17(20)15-9-10-16(23-15)24(21,22)18-2/h3-4,6-7,9-10,14,18H,5,8,11H2,1-2H3/t14-/m0/s1. The van der Waals surface area contributed by atoms with Crippen LogP contribution in [0.5, 0.6) is 0 Å². The molecular weight excluding hydrogens is 328 g/mol. The van der Waals surface area contributed by atoms with Crippen LogP contribution in [0.15, 0.2) is 45.9 Å². The zero-order chi connectivity index (χ0) is 17.3. The summed E-state index contributed by atoms with van der Waals surface area (Å²) in [6.45, 7) is 2.66. The van der Waals surface area contributed by atoms with Crippen molar-refractivity contribution in [1.29, 1.82) is 0 Å². The van der Waals surface area contributed by atoms with Gasteiger partial charge in [0, 0.05) is 6.54 Å². The van der Waals surface area contributed by atoms with Crippen LogP contribution < -0.4 is 4.72 Å². The molecule has 0 saturated carbocycles. The number of rotatable bonds is 4. The minimum atomic E-state index is -3.69. The Morgan fingerprint density at radius 2 is 2.00 bits per heavy atom. The molecule has 0 bridgehead atoms. The van der Waals surface area contributed by atoms with Crippen molar-refractivity contribution in [3.63, 3.8) is 0 Å². The minimum absolute atomic E-state index is 0.00634. The lowest BCUT2D eigenvalue weighted by Crippen LogP contribution is -2.30. The van der Waals surface area contributed by atoms with E-state index in [0.717, 1.165) is 24.0 Å². The third-order valence-corrected chi connectivity index (χ3v) is 5.67. The van der Waals surface area contributed by atoms with E-state index in [4.69, 9.17) is 4.42 Å². The first kappa shape index (κ1) is 16.7. The SMILES string of the molecule is CNS(=O)(=O)c1ccc(C(=O)N2CCC[C@H]2c2ccccc2C)o1. The van der Waals surface area contributed by atoms with Gasteiger partial charge in [0.05, 0.1) is 6.04 Å². The van der Waals surface area contributed by atoms with Crippen LogP contribution in [-0.4, -0.2) is 32.8 Å². The van der Waals surface area contributed by atoms with E-state index in [2.05, 4.69) is 4.72 Å². The van der Waals surface area contributed by atoms with Crippen molar-refractivity contribution in [3.8, 4) is 0 Å². The molecule has 0 unspecified atom stereocenters. The number of hydrogen-bond acceptors (Lipinski definition) is 4. The molecule has 1 aliphatic rings. The average molecular weight is 348 g/mol. The summed E-state index contributed by atoms with van der Waals surface area (Å²) in [5.41, 5.74) is 2.26. The fourth-order valence-corrected chi connectivity index (χ4v) is 3.76. The van der Waals surface area contributed by atoms with Gasteiger partial charge in [-0.25, -0.2) is 13.1 Å². The van der Waals surface area contributed by atoms with Gasteiger partial charge in [-0.3, -0.25) is 4.79 Å². The van der Waals surface area contributed by atoms with Gasteiger partial charge in [-0.15, -0.1) is 0 Å². The lowest BCUT2D eigenvalue weighted by atomic mass is 9.99. The third kappa shape index (κ3) is 2.97. The molecule has 0 radical (unpaired) electrons. The van der Waals surface area contributed by atoms with Gasteiger partial charge in [0.2, 0.25) is 5.09 Å². The van der Waals surface area contributed by atoms with Gasteiger partial charge in [-0.1, -0.05) is 24.3 Å². The number of carbonyl (C=O) groups excluding carboxylic acids is 1. The number of likely N-dealkylation sites (tertiary alicyclic amines) is 1. The fourth-order valence-electron chi connectivity index (χ4n) is 3.12. The van der Waals surface area contributed by atoms with Gasteiger partial charge < -0.3 is 9.32 Å². The molecule has 24 heavy (non-hydrogen) atoms. The highest BCUT2D eigenvalue weighted by molar-refractivity contribution is 7.89. The monoisotopic (exact) mass is 348 g/mol. The van der Waals surface area contributed by atoms with E-state index < -0.39 is 10.0 Å². The van der Waals surface area contributed by atoms with Crippen molar-refractivity contribution in [2.75, 3.05) is 13.6 Å². The number of nitrogens with zero attached hydrogens (tertiary/aromatic N) is 1. The predicted molar refractivity (Wildman–Crippen MR) is 89.1 cm³/mol. The summed E-state index contributed by atoms with van der Waals surface area (Å²) in [5.74, 6) is -0.234. The summed E-state index contributed by atoms with van der Waals surface area (Å²) < 4.78 is 31.0. The van der Waals surface area contributed by atoms with E-state index in [9.17, 15) is 13.2 Å². The number of carbonyl (C=O) groups is 1. The zero-order valence-corrected chi connectivity index (χ0v) is 14.5. The Labute approximate surface area is 141 Å². The lowest BCUT2D eigenvalue weighted by Gasteiger charge is -2.25. The molecule has 1 fully saturated rings. The van der Waals surface area contributed by atoms with Gasteiger partial charge in [-0.05, 0) is 50.1 Å². The van der Waals surface area contributed by atoms with Crippen molar-refractivity contribution in [2.45, 2.75) is 30.9 Å². The van der Waals surface area contributed by atoms with Gasteiger partial charge in [0.1, 0.15) is 0 Å². The largest absolute Gasteiger partial charge is 0.438 e. The normalized spacial score (nSPS) is 18.1. The van der Waals surface area contributed by atoms with Crippen molar-refractivity contribution in [3.05, 3.63) is 53.3 Å². The van der Waals surface area contributed by atoms with E-state index in [1.807, 2.05) is 31.2 Å². The highest BCUT2D eigenvalue weighted by Crippen LogP contribution is 2.35. The Morgan fingerprint density at radius 3 is 2.71 bits per heavy atom. The molecule has 0 aliphatic carbocycles. The second kappa shape index (κ2) is 6.41. The van der Waals surface area contributed by atoms with Crippen LogP contribution in [0.4, 0.5) is 0 Å². The number of sulfonamides is 1. The maximum absolute atomic E-state index is 12.8. The van der Waals surface area contributed by atoms with Crippen molar-refractivity contribution in [2.24, 2.45) is 0 Å². The zero-order valence-electron chi connectivity index (χ0n) is 13.7. The van der Waals surface area contributed by atoms with Crippen LogP contribution in [0.3, 0.4) is 0 Å². The summed E-state index contributed by atoms with van der Waals surface area (Å²) in [6, 6.07) is 10.7. The highest BCUT2D eigenvalue weighted by atomic mass is 32.2. The van der Waals surface area contributed by atoms with Crippen LogP contribution in [0.1, 0.15) is 40.6 Å². The lowest BCUT2D eigenvalue weighted by molar-refractivity contribution is 0.0697. The molecule has 1 saturated heterocycles. The minimum Gasteiger partial charge on any atom is -0.438 e. The molecule has 1 aliphatic heterocycles. The second-order valence-corrected chi connectivity index (χ2v) is 7.66. The summed E-state index contributed by atoms with van der Waals surface area (Å²) >= 11 is 0. The van der Waals surface area contributed by atoms with Crippen LogP contribution in [0, 0.1) is 6.92 Å². The first-order chi connectivity index (χ1) is 11.4. The predicted octanol–water partition coefficient (Wildman–Crippen LogP) is 2.47. The second-order valence-electron chi connectivity index (χ2n) is 5.84. The Kier molecular flexibility index (Phi) is 4.47. The van der Waals surface area contributed by atoms with Gasteiger partial charge in [0.15, 0.2) is 5.76 Å². The Morgan fingerprint density at radius 1 is 1.25 bits per heavy atom. The Hall–Kier alpha value is -2.12. The molecular formula is C17H20N2O4S. The van der Waals surface area contributed by atoms with Gasteiger partial charge in [0.25, 0.3) is 15.9 Å². The number of amides is 1. The topological polar surface area (TPSA) is 79.6 Å². The molecule has 3 rings (SSSR count). The van der Waals surface area contributed by atoms with Gasteiger partial charge in [-0.2, -0.15) is 0 Å². The number of furan rings is 1.